The van der Waals surface area contributed by atoms with Gasteiger partial charge in [-0.15, -0.1) is 0 Å². The quantitative estimate of drug-likeness (QED) is 0.621. The molecule has 0 saturated carbocycles. The van der Waals surface area contributed by atoms with Gasteiger partial charge in [-0.05, 0) is 30.3 Å². The highest BCUT2D eigenvalue weighted by Crippen LogP contribution is 2.32. The second-order valence-corrected chi connectivity index (χ2v) is 6.02. The summed E-state index contributed by atoms with van der Waals surface area (Å²) in [7, 11) is 0. The Bertz CT molecular complexity index is 990. The summed E-state index contributed by atoms with van der Waals surface area (Å²) < 4.78 is 39.5. The zero-order valence-electron chi connectivity index (χ0n) is 13.3. The Morgan fingerprint density at radius 2 is 1.89 bits per heavy atom. The Balaban J connectivity index is 1.84. The van der Waals surface area contributed by atoms with Crippen LogP contribution in [0.25, 0.3) is 5.82 Å². The fourth-order valence-corrected chi connectivity index (χ4v) is 2.60. The smallest absolute Gasteiger partial charge is 0.295 e. The van der Waals surface area contributed by atoms with E-state index >= 15 is 0 Å². The Morgan fingerprint density at radius 1 is 1.11 bits per heavy atom. The number of halogens is 5. The molecule has 11 heteroatoms. The van der Waals surface area contributed by atoms with Gasteiger partial charge >= 0.3 is 6.18 Å². The molecule has 2 N–H and O–H groups in total. The SMILES string of the molecule is O=C(NNc1ncccc1Cl)c1cccn1-c1ncc(C(F)(F)F)cc1Cl. The molecule has 3 heterocycles. The molecule has 0 bridgehead atoms. The molecule has 1 amide bonds. The van der Waals surface area contributed by atoms with E-state index < -0.39 is 17.6 Å². The van der Waals surface area contributed by atoms with E-state index in [0.29, 0.717) is 11.2 Å². The standard InChI is InChI=1S/C16H10Cl2F3N5O/c17-10-3-1-5-22-13(10)24-25-15(27)12-4-2-6-26(12)14-11(18)7-9(8-23-14)16(19,20)21/h1-8H,(H,22,24)(H,25,27). The third kappa shape index (κ3) is 4.15. The summed E-state index contributed by atoms with van der Waals surface area (Å²) in [6, 6.07) is 6.93. The first kappa shape index (κ1) is 19.0. The number of pyridine rings is 2. The Labute approximate surface area is 160 Å². The van der Waals surface area contributed by atoms with E-state index in [2.05, 4.69) is 20.8 Å². The van der Waals surface area contributed by atoms with Crippen LogP contribution in [0.1, 0.15) is 16.1 Å². The summed E-state index contributed by atoms with van der Waals surface area (Å²) in [4.78, 5) is 20.1. The molecule has 0 fully saturated rings. The minimum Gasteiger partial charge on any atom is -0.295 e. The lowest BCUT2D eigenvalue weighted by Gasteiger charge is -2.13. The molecule has 3 rings (SSSR count). The summed E-state index contributed by atoms with van der Waals surface area (Å²) in [6.45, 7) is 0. The molecule has 0 saturated heterocycles. The van der Waals surface area contributed by atoms with Crippen molar-refractivity contribution in [3.8, 4) is 5.82 Å². The van der Waals surface area contributed by atoms with Crippen molar-refractivity contribution in [1.29, 1.82) is 0 Å². The van der Waals surface area contributed by atoms with Gasteiger partial charge in [-0.1, -0.05) is 23.2 Å². The number of hydrogen-bond donors (Lipinski definition) is 2. The van der Waals surface area contributed by atoms with E-state index in [1.165, 1.54) is 29.1 Å². The van der Waals surface area contributed by atoms with Crippen LogP contribution in [0, 0.1) is 0 Å². The average Bonchev–Trinajstić information content (AvgIpc) is 3.09. The van der Waals surface area contributed by atoms with Gasteiger partial charge in [0.2, 0.25) is 0 Å². The van der Waals surface area contributed by atoms with Gasteiger partial charge in [-0.25, -0.2) is 9.97 Å². The van der Waals surface area contributed by atoms with E-state index in [1.54, 1.807) is 12.1 Å². The van der Waals surface area contributed by atoms with Gasteiger partial charge in [-0.3, -0.25) is 20.2 Å². The first-order chi connectivity index (χ1) is 12.8. The van der Waals surface area contributed by atoms with Crippen molar-refractivity contribution in [3.05, 3.63) is 70.2 Å². The number of alkyl halides is 3. The lowest BCUT2D eigenvalue weighted by Crippen LogP contribution is -2.31. The number of nitrogens with zero attached hydrogens (tertiary/aromatic N) is 3. The van der Waals surface area contributed by atoms with E-state index in [9.17, 15) is 18.0 Å². The monoisotopic (exact) mass is 415 g/mol. The number of aromatic nitrogens is 3. The van der Waals surface area contributed by atoms with Crippen LogP contribution < -0.4 is 10.9 Å². The third-order valence-corrected chi connectivity index (χ3v) is 3.99. The highest BCUT2D eigenvalue weighted by molar-refractivity contribution is 6.33. The third-order valence-electron chi connectivity index (χ3n) is 3.41. The number of anilines is 1. The molecule has 27 heavy (non-hydrogen) atoms. The lowest BCUT2D eigenvalue weighted by atomic mass is 10.2. The number of nitrogens with one attached hydrogen (secondary N) is 2. The van der Waals surface area contributed by atoms with Crippen LogP contribution in [0.15, 0.2) is 48.9 Å². The van der Waals surface area contributed by atoms with Crippen LogP contribution in [0.5, 0.6) is 0 Å². The molecule has 0 unspecified atom stereocenters. The molecule has 3 aromatic rings. The number of rotatable bonds is 4. The minimum absolute atomic E-state index is 0.0179. The zero-order valence-corrected chi connectivity index (χ0v) is 14.8. The molecule has 0 aliphatic carbocycles. The number of amides is 1. The van der Waals surface area contributed by atoms with Crippen LogP contribution in [0.2, 0.25) is 10.0 Å². The van der Waals surface area contributed by atoms with Crippen LogP contribution in [-0.4, -0.2) is 20.4 Å². The Kier molecular flexibility index (Phi) is 5.24. The van der Waals surface area contributed by atoms with Crippen molar-refractivity contribution in [2.24, 2.45) is 0 Å². The maximum atomic E-state index is 12.7. The van der Waals surface area contributed by atoms with Crippen molar-refractivity contribution in [1.82, 2.24) is 20.0 Å². The van der Waals surface area contributed by atoms with Crippen LogP contribution in [0.4, 0.5) is 19.0 Å². The molecule has 0 aliphatic heterocycles. The van der Waals surface area contributed by atoms with Crippen molar-refractivity contribution in [3.63, 3.8) is 0 Å². The van der Waals surface area contributed by atoms with Gasteiger partial charge in [0.1, 0.15) is 5.69 Å². The van der Waals surface area contributed by atoms with Crippen molar-refractivity contribution < 1.29 is 18.0 Å². The number of carbonyl (C=O) groups is 1. The number of hydrogen-bond acceptors (Lipinski definition) is 4. The van der Waals surface area contributed by atoms with Crippen LogP contribution in [0.3, 0.4) is 0 Å². The average molecular weight is 416 g/mol. The first-order valence-electron chi connectivity index (χ1n) is 7.34. The zero-order chi connectivity index (χ0) is 19.6. The van der Waals surface area contributed by atoms with Crippen molar-refractivity contribution in [2.75, 3.05) is 5.43 Å². The summed E-state index contributed by atoms with van der Waals surface area (Å²) in [6.07, 6.45) is -0.994. The molecular formula is C16H10Cl2F3N5O. The minimum atomic E-state index is -4.57. The summed E-state index contributed by atoms with van der Waals surface area (Å²) in [5, 5.41) is 0.0384. The fourth-order valence-electron chi connectivity index (χ4n) is 2.17. The Morgan fingerprint density at radius 3 is 2.56 bits per heavy atom. The van der Waals surface area contributed by atoms with Crippen LogP contribution in [-0.2, 0) is 6.18 Å². The molecule has 3 aromatic heterocycles. The van der Waals surface area contributed by atoms with Gasteiger partial charge in [-0.2, -0.15) is 13.2 Å². The fraction of sp³-hybridized carbons (Fsp3) is 0.0625. The molecule has 6 nitrogen and oxygen atoms in total. The summed E-state index contributed by atoms with van der Waals surface area (Å²) in [5.41, 5.74) is 4.07. The van der Waals surface area contributed by atoms with Gasteiger partial charge in [0, 0.05) is 18.6 Å². The van der Waals surface area contributed by atoms with Gasteiger partial charge < -0.3 is 0 Å². The van der Waals surface area contributed by atoms with E-state index in [4.69, 9.17) is 23.2 Å². The topological polar surface area (TPSA) is 71.8 Å². The lowest BCUT2D eigenvalue weighted by molar-refractivity contribution is -0.137. The van der Waals surface area contributed by atoms with Crippen molar-refractivity contribution >= 4 is 34.9 Å². The normalized spacial score (nSPS) is 11.3. The van der Waals surface area contributed by atoms with E-state index in [1.807, 2.05) is 0 Å². The predicted molar refractivity (Wildman–Crippen MR) is 93.9 cm³/mol. The molecule has 0 spiro atoms. The van der Waals surface area contributed by atoms with Crippen LogP contribution >= 0.6 is 23.2 Å². The Hall–Kier alpha value is -2.78. The van der Waals surface area contributed by atoms with E-state index in [-0.39, 0.29) is 22.4 Å². The van der Waals surface area contributed by atoms with Crippen molar-refractivity contribution in [2.45, 2.75) is 6.18 Å². The van der Waals surface area contributed by atoms with Gasteiger partial charge in [0.05, 0.1) is 15.6 Å². The highest BCUT2D eigenvalue weighted by Gasteiger charge is 2.32. The number of hydrazine groups is 1. The second-order valence-electron chi connectivity index (χ2n) is 5.20. The van der Waals surface area contributed by atoms with Gasteiger partial charge in [0.15, 0.2) is 11.6 Å². The molecule has 0 aliphatic rings. The predicted octanol–water partition coefficient (Wildman–Crippen LogP) is 4.35. The molecule has 0 atom stereocenters. The largest absolute Gasteiger partial charge is 0.417 e. The first-order valence-corrected chi connectivity index (χ1v) is 8.10. The highest BCUT2D eigenvalue weighted by atomic mass is 35.5. The number of carbonyl (C=O) groups excluding carboxylic acids is 1. The molecular weight excluding hydrogens is 406 g/mol. The molecule has 0 aromatic carbocycles. The molecule has 140 valence electrons. The maximum Gasteiger partial charge on any atom is 0.417 e. The second kappa shape index (κ2) is 7.45. The van der Waals surface area contributed by atoms with Gasteiger partial charge in [0.25, 0.3) is 5.91 Å². The maximum absolute atomic E-state index is 12.7. The summed E-state index contributed by atoms with van der Waals surface area (Å²) >= 11 is 11.9. The molecule has 0 radical (unpaired) electrons. The summed E-state index contributed by atoms with van der Waals surface area (Å²) in [5.74, 6) is -0.383. The van der Waals surface area contributed by atoms with E-state index in [0.717, 1.165) is 6.07 Å².